The first-order valence-electron chi connectivity index (χ1n) is 13.0. The molecule has 1 aliphatic heterocycles. The molecule has 9 nitrogen and oxygen atoms in total. The first kappa shape index (κ1) is 24.1. The van der Waals surface area contributed by atoms with Crippen LogP contribution in [-0.2, 0) is 24.8 Å². The molecule has 0 saturated carbocycles. The van der Waals surface area contributed by atoms with Crippen molar-refractivity contribution in [1.29, 1.82) is 0 Å². The van der Waals surface area contributed by atoms with Crippen molar-refractivity contribution in [3.05, 3.63) is 88.7 Å². The molecule has 194 valence electrons. The number of hydrogen-bond acceptors (Lipinski definition) is 6. The van der Waals surface area contributed by atoms with Crippen LogP contribution in [0.15, 0.2) is 71.8 Å². The van der Waals surface area contributed by atoms with Crippen molar-refractivity contribution in [2.75, 3.05) is 31.2 Å². The molecule has 1 aromatic carbocycles. The summed E-state index contributed by atoms with van der Waals surface area (Å²) < 4.78 is 10.9. The monoisotopic (exact) mass is 509 g/mol. The van der Waals surface area contributed by atoms with Crippen LogP contribution >= 0.6 is 0 Å². The maximum Gasteiger partial charge on any atom is 0.330 e. The van der Waals surface area contributed by atoms with E-state index in [1.165, 1.54) is 5.56 Å². The van der Waals surface area contributed by atoms with Crippen molar-refractivity contribution >= 4 is 16.9 Å². The molecule has 0 aliphatic carbocycles. The number of ether oxygens (including phenoxy) is 1. The summed E-state index contributed by atoms with van der Waals surface area (Å²) in [6.45, 7) is 5.44. The molecule has 0 unspecified atom stereocenters. The van der Waals surface area contributed by atoms with E-state index in [2.05, 4.69) is 35.0 Å². The van der Waals surface area contributed by atoms with Crippen LogP contribution in [0.25, 0.3) is 28.2 Å². The van der Waals surface area contributed by atoms with Gasteiger partial charge in [0.25, 0.3) is 0 Å². The highest BCUT2D eigenvalue weighted by Crippen LogP contribution is 2.29. The van der Waals surface area contributed by atoms with Gasteiger partial charge >= 0.3 is 5.69 Å². The highest BCUT2D eigenvalue weighted by molar-refractivity contribution is 5.88. The lowest BCUT2D eigenvalue weighted by molar-refractivity contribution is 0.123. The van der Waals surface area contributed by atoms with Gasteiger partial charge in [0.2, 0.25) is 0 Å². The Morgan fingerprint density at radius 2 is 1.89 bits per heavy atom. The molecule has 0 bridgehead atoms. The molecule has 0 amide bonds. The first-order chi connectivity index (χ1) is 18.6. The average Bonchev–Trinajstić information content (AvgIpc) is 3.54. The number of anilines is 1. The van der Waals surface area contributed by atoms with E-state index in [9.17, 15) is 4.79 Å². The van der Waals surface area contributed by atoms with Crippen LogP contribution in [0, 0.1) is 6.92 Å². The van der Waals surface area contributed by atoms with Gasteiger partial charge in [-0.1, -0.05) is 29.8 Å². The Bertz CT molecular complexity index is 1630. The normalized spacial score (nSPS) is 13.9. The zero-order valence-corrected chi connectivity index (χ0v) is 21.7. The molecule has 38 heavy (non-hydrogen) atoms. The van der Waals surface area contributed by atoms with E-state index < -0.39 is 0 Å². The zero-order valence-electron chi connectivity index (χ0n) is 21.7. The maximum absolute atomic E-state index is 13.4. The lowest BCUT2D eigenvalue weighted by Gasteiger charge is -2.29. The number of benzene rings is 1. The fourth-order valence-corrected chi connectivity index (χ4v) is 5.11. The van der Waals surface area contributed by atoms with Gasteiger partial charge in [-0.2, -0.15) is 5.10 Å². The zero-order chi connectivity index (χ0) is 26.1. The summed E-state index contributed by atoms with van der Waals surface area (Å²) >= 11 is 0. The molecule has 4 aromatic heterocycles. The van der Waals surface area contributed by atoms with Gasteiger partial charge in [-0.3, -0.25) is 14.1 Å². The van der Waals surface area contributed by atoms with Gasteiger partial charge in [-0.25, -0.2) is 14.5 Å². The second-order valence-electron chi connectivity index (χ2n) is 9.70. The number of hydrogen-bond donors (Lipinski definition) is 0. The summed E-state index contributed by atoms with van der Waals surface area (Å²) in [4.78, 5) is 25.1. The van der Waals surface area contributed by atoms with Crippen LogP contribution in [0.5, 0.6) is 0 Å². The van der Waals surface area contributed by atoms with Crippen molar-refractivity contribution < 1.29 is 4.74 Å². The number of aryl methyl sites for hydroxylation is 4. The molecule has 0 radical (unpaired) electrons. The van der Waals surface area contributed by atoms with Crippen molar-refractivity contribution in [2.24, 2.45) is 7.05 Å². The molecule has 0 N–H and O–H groups in total. The van der Waals surface area contributed by atoms with Crippen molar-refractivity contribution in [2.45, 2.75) is 26.3 Å². The molecule has 5 aromatic rings. The summed E-state index contributed by atoms with van der Waals surface area (Å²) in [5, 5.41) is 4.85. The van der Waals surface area contributed by atoms with Gasteiger partial charge < -0.3 is 9.64 Å². The summed E-state index contributed by atoms with van der Waals surface area (Å²) in [7, 11) is 1.83. The molecule has 1 saturated heterocycles. The molecule has 0 atom stereocenters. The highest BCUT2D eigenvalue weighted by Gasteiger charge is 2.23. The third kappa shape index (κ3) is 4.61. The van der Waals surface area contributed by atoms with E-state index in [-0.39, 0.29) is 5.69 Å². The molecule has 1 aliphatic rings. The SMILES string of the molecule is Cc1cccc(-c2ccn(-c3cc(N4CCOCC4)c4c(n3)n(CCCc3ccccn3)c(=O)n4C)n2)c1. The molecule has 1 fully saturated rings. The van der Waals surface area contributed by atoms with Crippen molar-refractivity contribution in [3.8, 4) is 17.1 Å². The summed E-state index contributed by atoms with van der Waals surface area (Å²) in [5.74, 6) is 0.682. The number of morpholine rings is 1. The van der Waals surface area contributed by atoms with Gasteiger partial charge in [0.05, 0.1) is 24.6 Å². The predicted octanol–water partition coefficient (Wildman–Crippen LogP) is 3.76. The van der Waals surface area contributed by atoms with Crippen LogP contribution in [0.3, 0.4) is 0 Å². The van der Waals surface area contributed by atoms with Gasteiger partial charge in [0.15, 0.2) is 11.5 Å². The standard InChI is InChI=1S/C29H31N7O2/c1-21-7-5-8-22(19-21)24-11-14-36(32-24)26-20-25(34-15-17-38-18-16-34)27-28(31-26)35(29(37)33(27)2)13-6-10-23-9-3-4-12-30-23/h3-5,7-9,11-12,14,19-20H,6,10,13,15-18H2,1-2H3. The number of fused-ring (bicyclic) bond motifs is 1. The topological polar surface area (TPSA) is 83.0 Å². The third-order valence-electron chi connectivity index (χ3n) is 7.08. The van der Waals surface area contributed by atoms with Crippen molar-refractivity contribution in [1.82, 2.24) is 28.9 Å². The smallest absolute Gasteiger partial charge is 0.330 e. The number of imidazole rings is 1. The minimum absolute atomic E-state index is 0.0684. The lowest BCUT2D eigenvalue weighted by Crippen LogP contribution is -2.36. The van der Waals surface area contributed by atoms with Crippen LogP contribution in [0.2, 0.25) is 0 Å². The predicted molar refractivity (Wildman–Crippen MR) is 148 cm³/mol. The summed E-state index contributed by atoms with van der Waals surface area (Å²) in [5.41, 5.74) is 6.56. The fourth-order valence-electron chi connectivity index (χ4n) is 5.11. The summed E-state index contributed by atoms with van der Waals surface area (Å²) in [6, 6.07) is 18.3. The van der Waals surface area contributed by atoms with Gasteiger partial charge in [0.1, 0.15) is 5.52 Å². The van der Waals surface area contributed by atoms with E-state index >= 15 is 0 Å². The van der Waals surface area contributed by atoms with Crippen LogP contribution in [0.4, 0.5) is 5.69 Å². The average molecular weight is 510 g/mol. The highest BCUT2D eigenvalue weighted by atomic mass is 16.5. The summed E-state index contributed by atoms with van der Waals surface area (Å²) in [6.07, 6.45) is 5.31. The molecule has 6 rings (SSSR count). The van der Waals surface area contributed by atoms with Crippen molar-refractivity contribution in [3.63, 3.8) is 0 Å². The van der Waals surface area contributed by atoms with Gasteiger partial charge in [-0.05, 0) is 44.0 Å². The fraction of sp³-hybridized carbons (Fsp3) is 0.310. The van der Waals surface area contributed by atoms with E-state index in [1.54, 1.807) is 20.0 Å². The maximum atomic E-state index is 13.4. The molecule has 9 heteroatoms. The van der Waals surface area contributed by atoms with E-state index in [0.29, 0.717) is 31.2 Å². The quantitative estimate of drug-likeness (QED) is 0.332. The number of pyridine rings is 2. The minimum atomic E-state index is -0.0684. The number of aromatic nitrogens is 6. The van der Waals surface area contributed by atoms with E-state index in [4.69, 9.17) is 14.8 Å². The van der Waals surface area contributed by atoms with Gasteiger partial charge in [-0.15, -0.1) is 0 Å². The third-order valence-corrected chi connectivity index (χ3v) is 7.08. The van der Waals surface area contributed by atoms with Crippen LogP contribution in [0.1, 0.15) is 17.7 Å². The Kier molecular flexibility index (Phi) is 6.51. The van der Waals surface area contributed by atoms with Crippen LogP contribution in [-0.4, -0.2) is 55.2 Å². The second kappa shape index (κ2) is 10.3. The van der Waals surface area contributed by atoms with E-state index in [0.717, 1.165) is 54.1 Å². The Morgan fingerprint density at radius 1 is 1.03 bits per heavy atom. The largest absolute Gasteiger partial charge is 0.378 e. The molecular formula is C29H31N7O2. The Hall–Kier alpha value is -4.24. The first-order valence-corrected chi connectivity index (χ1v) is 13.0. The number of nitrogens with zero attached hydrogens (tertiary/aromatic N) is 7. The Labute approximate surface area is 220 Å². The molecular weight excluding hydrogens is 478 g/mol. The van der Waals surface area contributed by atoms with Crippen LogP contribution < -0.4 is 10.6 Å². The van der Waals surface area contributed by atoms with Gasteiger partial charge in [0, 0.05) is 56.4 Å². The Balaban J connectivity index is 1.43. The van der Waals surface area contributed by atoms with E-state index in [1.807, 2.05) is 49.6 Å². The molecule has 0 spiro atoms. The molecule has 5 heterocycles. The Morgan fingerprint density at radius 3 is 2.68 bits per heavy atom. The second-order valence-corrected chi connectivity index (χ2v) is 9.70. The lowest BCUT2D eigenvalue weighted by atomic mass is 10.1. The number of rotatable bonds is 7. The minimum Gasteiger partial charge on any atom is -0.378 e.